The van der Waals surface area contributed by atoms with Crippen LogP contribution in [0.15, 0.2) is 12.7 Å². The zero-order chi connectivity index (χ0) is 6.69. The van der Waals surface area contributed by atoms with Gasteiger partial charge in [0.05, 0.1) is 19.3 Å². The first kappa shape index (κ1) is 6.78. The molecule has 1 heterocycles. The van der Waals surface area contributed by atoms with Crippen molar-refractivity contribution >= 4 is 0 Å². The maximum atomic E-state index is 5.03. The van der Waals surface area contributed by atoms with Gasteiger partial charge in [-0.2, -0.15) is 0 Å². The van der Waals surface area contributed by atoms with Gasteiger partial charge in [-0.05, 0) is 7.05 Å². The fourth-order valence-electron chi connectivity index (χ4n) is 0.830. The van der Waals surface area contributed by atoms with E-state index in [9.17, 15) is 0 Å². The molecule has 0 aromatic carbocycles. The Morgan fingerprint density at radius 3 is 2.78 bits per heavy atom. The van der Waals surface area contributed by atoms with Crippen molar-refractivity contribution < 1.29 is 4.74 Å². The van der Waals surface area contributed by atoms with Crippen LogP contribution in [0.25, 0.3) is 0 Å². The molecule has 0 N–H and O–H groups in total. The number of rotatable bonds is 3. The average Bonchev–Trinajstić information content (AvgIpc) is 1.60. The van der Waals surface area contributed by atoms with Crippen LogP contribution in [0, 0.1) is 0 Å². The van der Waals surface area contributed by atoms with Crippen LogP contribution in [0.3, 0.4) is 0 Å². The van der Waals surface area contributed by atoms with E-state index in [1.165, 1.54) is 0 Å². The van der Waals surface area contributed by atoms with Crippen molar-refractivity contribution in [2.45, 2.75) is 6.04 Å². The lowest BCUT2D eigenvalue weighted by molar-refractivity contribution is -0.0523. The van der Waals surface area contributed by atoms with Crippen molar-refractivity contribution in [2.75, 3.05) is 26.8 Å². The molecular weight excluding hydrogens is 114 g/mol. The highest BCUT2D eigenvalue weighted by molar-refractivity contribution is 4.80. The summed E-state index contributed by atoms with van der Waals surface area (Å²) in [7, 11) is 2.09. The van der Waals surface area contributed by atoms with E-state index in [1.807, 2.05) is 6.08 Å². The van der Waals surface area contributed by atoms with Crippen LogP contribution in [0.5, 0.6) is 0 Å². The third-order valence-corrected chi connectivity index (χ3v) is 1.66. The minimum Gasteiger partial charge on any atom is -0.378 e. The van der Waals surface area contributed by atoms with Gasteiger partial charge < -0.3 is 4.74 Å². The highest BCUT2D eigenvalue weighted by Gasteiger charge is 2.21. The molecule has 0 bridgehead atoms. The van der Waals surface area contributed by atoms with Gasteiger partial charge in [0.1, 0.15) is 0 Å². The number of ether oxygens (including phenoxy) is 1. The van der Waals surface area contributed by atoms with Crippen molar-refractivity contribution in [3.8, 4) is 0 Å². The smallest absolute Gasteiger partial charge is 0.0645 e. The van der Waals surface area contributed by atoms with E-state index in [0.29, 0.717) is 6.04 Å². The molecule has 0 saturated carbocycles. The summed E-state index contributed by atoms with van der Waals surface area (Å²) in [6.45, 7) is 6.41. The third-order valence-electron chi connectivity index (χ3n) is 1.66. The Balaban J connectivity index is 2.15. The molecule has 0 spiro atoms. The molecule has 0 unspecified atom stereocenters. The molecule has 1 aliphatic rings. The van der Waals surface area contributed by atoms with Crippen molar-refractivity contribution in [3.05, 3.63) is 12.7 Å². The van der Waals surface area contributed by atoms with Gasteiger partial charge in [0.25, 0.3) is 0 Å². The van der Waals surface area contributed by atoms with E-state index in [2.05, 4.69) is 18.5 Å². The van der Waals surface area contributed by atoms with Crippen molar-refractivity contribution in [1.82, 2.24) is 4.90 Å². The van der Waals surface area contributed by atoms with Crippen LogP contribution in [-0.2, 0) is 4.74 Å². The average molecular weight is 127 g/mol. The molecule has 0 aromatic heterocycles. The van der Waals surface area contributed by atoms with Crippen molar-refractivity contribution in [3.63, 3.8) is 0 Å². The Bertz CT molecular complexity index is 99.1. The summed E-state index contributed by atoms with van der Waals surface area (Å²) in [5, 5.41) is 0. The summed E-state index contributed by atoms with van der Waals surface area (Å²) in [5.74, 6) is 0. The standard InChI is InChI=1S/C7H13NO/c1-3-4-8(2)7-5-9-6-7/h3,7H,1,4-6H2,2H3. The Hall–Kier alpha value is -0.340. The van der Waals surface area contributed by atoms with Crippen LogP contribution in [0.1, 0.15) is 0 Å². The molecule has 1 fully saturated rings. The second kappa shape index (κ2) is 2.99. The van der Waals surface area contributed by atoms with Crippen LogP contribution in [-0.4, -0.2) is 37.7 Å². The first-order chi connectivity index (χ1) is 4.34. The molecule has 52 valence electrons. The summed E-state index contributed by atoms with van der Waals surface area (Å²) >= 11 is 0. The fraction of sp³-hybridized carbons (Fsp3) is 0.714. The van der Waals surface area contributed by atoms with Gasteiger partial charge >= 0.3 is 0 Å². The molecule has 0 radical (unpaired) electrons. The molecule has 9 heavy (non-hydrogen) atoms. The molecule has 1 aliphatic heterocycles. The van der Waals surface area contributed by atoms with Crippen LogP contribution in [0.4, 0.5) is 0 Å². The Morgan fingerprint density at radius 2 is 2.44 bits per heavy atom. The maximum absolute atomic E-state index is 5.03. The normalized spacial score (nSPS) is 19.8. The SMILES string of the molecule is C=CCN(C)C1COC1. The number of nitrogens with zero attached hydrogens (tertiary/aromatic N) is 1. The van der Waals surface area contributed by atoms with Gasteiger partial charge in [0, 0.05) is 6.54 Å². The molecule has 0 amide bonds. The molecule has 1 saturated heterocycles. The fourth-order valence-corrected chi connectivity index (χ4v) is 0.830. The van der Waals surface area contributed by atoms with E-state index in [-0.39, 0.29) is 0 Å². The van der Waals surface area contributed by atoms with Crippen LogP contribution in [0.2, 0.25) is 0 Å². The number of hydrogen-bond donors (Lipinski definition) is 0. The van der Waals surface area contributed by atoms with E-state index < -0.39 is 0 Å². The monoisotopic (exact) mass is 127 g/mol. The predicted octanol–water partition coefficient (Wildman–Crippen LogP) is 0.503. The Kier molecular flexibility index (Phi) is 2.25. The Labute approximate surface area is 56.1 Å². The second-order valence-corrected chi connectivity index (χ2v) is 2.42. The zero-order valence-corrected chi connectivity index (χ0v) is 5.84. The summed E-state index contributed by atoms with van der Waals surface area (Å²) < 4.78 is 5.03. The van der Waals surface area contributed by atoms with E-state index in [1.54, 1.807) is 0 Å². The first-order valence-electron chi connectivity index (χ1n) is 3.23. The second-order valence-electron chi connectivity index (χ2n) is 2.42. The van der Waals surface area contributed by atoms with E-state index in [4.69, 9.17) is 4.74 Å². The molecule has 0 atom stereocenters. The van der Waals surface area contributed by atoms with Gasteiger partial charge in [0.2, 0.25) is 0 Å². The minimum atomic E-state index is 0.642. The molecule has 2 nitrogen and oxygen atoms in total. The molecule has 2 heteroatoms. The predicted molar refractivity (Wildman–Crippen MR) is 37.4 cm³/mol. The van der Waals surface area contributed by atoms with E-state index in [0.717, 1.165) is 19.8 Å². The summed E-state index contributed by atoms with van der Waals surface area (Å²) in [6, 6.07) is 0.642. The first-order valence-corrected chi connectivity index (χ1v) is 3.23. The highest BCUT2D eigenvalue weighted by atomic mass is 16.5. The molecule has 0 aromatic rings. The van der Waals surface area contributed by atoms with E-state index >= 15 is 0 Å². The Morgan fingerprint density at radius 1 is 1.78 bits per heavy atom. The minimum absolute atomic E-state index is 0.642. The quantitative estimate of drug-likeness (QED) is 0.512. The van der Waals surface area contributed by atoms with Gasteiger partial charge in [-0.1, -0.05) is 6.08 Å². The third kappa shape index (κ3) is 1.53. The van der Waals surface area contributed by atoms with Gasteiger partial charge in [0.15, 0.2) is 0 Å². The van der Waals surface area contributed by atoms with Crippen LogP contribution < -0.4 is 0 Å². The molecular formula is C7H13NO. The maximum Gasteiger partial charge on any atom is 0.0645 e. The largest absolute Gasteiger partial charge is 0.378 e. The molecule has 0 aliphatic carbocycles. The highest BCUT2D eigenvalue weighted by Crippen LogP contribution is 2.06. The zero-order valence-electron chi connectivity index (χ0n) is 5.84. The number of hydrogen-bond acceptors (Lipinski definition) is 2. The van der Waals surface area contributed by atoms with Crippen LogP contribution >= 0.6 is 0 Å². The lowest BCUT2D eigenvalue weighted by Crippen LogP contribution is -2.46. The summed E-state index contributed by atoms with van der Waals surface area (Å²) in [4.78, 5) is 2.25. The molecule has 1 rings (SSSR count). The van der Waals surface area contributed by atoms with Gasteiger partial charge in [-0.15, -0.1) is 6.58 Å². The van der Waals surface area contributed by atoms with Gasteiger partial charge in [-0.3, -0.25) is 4.90 Å². The summed E-state index contributed by atoms with van der Waals surface area (Å²) in [6.07, 6.45) is 1.92. The topological polar surface area (TPSA) is 12.5 Å². The lowest BCUT2D eigenvalue weighted by atomic mass is 10.2. The van der Waals surface area contributed by atoms with Crippen molar-refractivity contribution in [1.29, 1.82) is 0 Å². The lowest BCUT2D eigenvalue weighted by Gasteiger charge is -2.33. The number of likely N-dealkylation sites (N-methyl/N-ethyl adjacent to an activating group) is 1. The summed E-state index contributed by atoms with van der Waals surface area (Å²) in [5.41, 5.74) is 0. The van der Waals surface area contributed by atoms with Crippen molar-refractivity contribution in [2.24, 2.45) is 0 Å². The van der Waals surface area contributed by atoms with Gasteiger partial charge in [-0.25, -0.2) is 0 Å².